The Kier molecular flexibility index (Phi) is 4.11. The van der Waals surface area contributed by atoms with E-state index in [2.05, 4.69) is 4.72 Å². The minimum Gasteiger partial charge on any atom is -0.481 e. The van der Waals surface area contributed by atoms with Crippen LogP contribution in [0.15, 0.2) is 24.3 Å². The second kappa shape index (κ2) is 5.18. The molecule has 0 radical (unpaired) electrons. The van der Waals surface area contributed by atoms with E-state index in [9.17, 15) is 13.2 Å². The topological polar surface area (TPSA) is 83.5 Å². The first kappa shape index (κ1) is 13.5. The van der Waals surface area contributed by atoms with Crippen LogP contribution in [0.1, 0.15) is 24.8 Å². The summed E-state index contributed by atoms with van der Waals surface area (Å²) in [6, 6.07) is 6.36. The fourth-order valence-electron chi connectivity index (χ4n) is 1.55. The third-order valence-electron chi connectivity index (χ3n) is 2.32. The van der Waals surface area contributed by atoms with E-state index >= 15 is 0 Å². The van der Waals surface area contributed by atoms with Crippen molar-refractivity contribution in [3.8, 4) is 0 Å². The van der Waals surface area contributed by atoms with E-state index in [-0.39, 0.29) is 0 Å². The molecular weight excluding hydrogens is 242 g/mol. The Morgan fingerprint density at radius 3 is 2.24 bits per heavy atom. The lowest BCUT2D eigenvalue weighted by molar-refractivity contribution is -0.138. The van der Waals surface area contributed by atoms with Crippen LogP contribution in [-0.4, -0.2) is 25.7 Å². The number of hydrogen-bond donors (Lipinski definition) is 2. The van der Waals surface area contributed by atoms with Gasteiger partial charge in [-0.25, -0.2) is 8.42 Å². The molecule has 0 bridgehead atoms. The SMILES string of the molecule is CCC(C(=O)O)c1ccc(NS(C)(=O)=O)cc1. The Balaban J connectivity index is 2.91. The van der Waals surface area contributed by atoms with E-state index in [1.807, 2.05) is 0 Å². The molecule has 0 saturated heterocycles. The number of carbonyl (C=O) groups is 1. The van der Waals surface area contributed by atoms with Gasteiger partial charge < -0.3 is 5.11 Å². The van der Waals surface area contributed by atoms with Crippen LogP contribution in [0.5, 0.6) is 0 Å². The minimum absolute atomic E-state index is 0.427. The van der Waals surface area contributed by atoms with Crippen molar-refractivity contribution in [3.05, 3.63) is 29.8 Å². The van der Waals surface area contributed by atoms with Crippen molar-refractivity contribution in [2.75, 3.05) is 11.0 Å². The van der Waals surface area contributed by atoms with Crippen molar-refractivity contribution in [1.29, 1.82) is 0 Å². The van der Waals surface area contributed by atoms with E-state index in [0.29, 0.717) is 17.7 Å². The molecule has 1 rings (SSSR count). The van der Waals surface area contributed by atoms with E-state index in [1.54, 1.807) is 31.2 Å². The fraction of sp³-hybridized carbons (Fsp3) is 0.364. The molecule has 0 aliphatic carbocycles. The number of anilines is 1. The van der Waals surface area contributed by atoms with Crippen molar-refractivity contribution in [2.24, 2.45) is 0 Å². The van der Waals surface area contributed by atoms with E-state index < -0.39 is 21.9 Å². The molecule has 0 aliphatic rings. The molecule has 1 aromatic rings. The number of benzene rings is 1. The van der Waals surface area contributed by atoms with Crippen LogP contribution < -0.4 is 4.72 Å². The second-order valence-electron chi connectivity index (χ2n) is 3.80. The molecule has 17 heavy (non-hydrogen) atoms. The van der Waals surface area contributed by atoms with Gasteiger partial charge >= 0.3 is 5.97 Å². The van der Waals surface area contributed by atoms with Crippen molar-refractivity contribution in [2.45, 2.75) is 19.3 Å². The molecule has 1 atom stereocenters. The Morgan fingerprint density at radius 1 is 1.35 bits per heavy atom. The highest BCUT2D eigenvalue weighted by atomic mass is 32.2. The van der Waals surface area contributed by atoms with Gasteiger partial charge in [-0.1, -0.05) is 19.1 Å². The molecule has 5 nitrogen and oxygen atoms in total. The predicted octanol–water partition coefficient (Wildman–Crippen LogP) is 1.64. The molecule has 0 aliphatic heterocycles. The maximum absolute atomic E-state index is 11.0. The molecule has 0 saturated carbocycles. The maximum Gasteiger partial charge on any atom is 0.310 e. The lowest BCUT2D eigenvalue weighted by Gasteiger charge is -2.11. The van der Waals surface area contributed by atoms with E-state index in [4.69, 9.17) is 5.11 Å². The molecule has 2 N–H and O–H groups in total. The standard InChI is InChI=1S/C11H15NO4S/c1-3-10(11(13)14)8-4-6-9(7-5-8)12-17(2,15)16/h4-7,10,12H,3H2,1-2H3,(H,13,14). The summed E-state index contributed by atoms with van der Waals surface area (Å²) in [5.74, 6) is -1.43. The van der Waals surface area contributed by atoms with Crippen molar-refractivity contribution >= 4 is 21.7 Å². The summed E-state index contributed by atoms with van der Waals surface area (Å²) in [6.45, 7) is 1.79. The zero-order chi connectivity index (χ0) is 13.1. The molecule has 6 heteroatoms. The lowest BCUT2D eigenvalue weighted by atomic mass is 9.97. The summed E-state index contributed by atoms with van der Waals surface area (Å²) < 4.78 is 24.3. The molecule has 1 unspecified atom stereocenters. The van der Waals surface area contributed by atoms with Crippen LogP contribution in [0, 0.1) is 0 Å². The van der Waals surface area contributed by atoms with Crippen molar-refractivity contribution < 1.29 is 18.3 Å². The van der Waals surface area contributed by atoms with Gasteiger partial charge in [-0.3, -0.25) is 9.52 Å². The number of carboxylic acids is 1. The highest BCUT2D eigenvalue weighted by molar-refractivity contribution is 7.92. The molecule has 94 valence electrons. The van der Waals surface area contributed by atoms with Crippen LogP contribution in [-0.2, 0) is 14.8 Å². The molecule has 0 spiro atoms. The quantitative estimate of drug-likeness (QED) is 0.839. The highest BCUT2D eigenvalue weighted by Crippen LogP contribution is 2.21. The van der Waals surface area contributed by atoms with Crippen LogP contribution >= 0.6 is 0 Å². The molecule has 1 aromatic carbocycles. The van der Waals surface area contributed by atoms with Crippen LogP contribution in [0.25, 0.3) is 0 Å². The van der Waals surface area contributed by atoms with Gasteiger partial charge in [0.25, 0.3) is 0 Å². The lowest BCUT2D eigenvalue weighted by Crippen LogP contribution is -2.11. The third kappa shape index (κ3) is 4.07. The van der Waals surface area contributed by atoms with Gasteiger partial charge in [0, 0.05) is 5.69 Å². The number of hydrogen-bond acceptors (Lipinski definition) is 3. The summed E-state index contributed by atoms with van der Waals surface area (Å²) in [5, 5.41) is 8.97. The van der Waals surface area contributed by atoms with Crippen LogP contribution in [0.4, 0.5) is 5.69 Å². The smallest absolute Gasteiger partial charge is 0.310 e. The van der Waals surface area contributed by atoms with Crippen LogP contribution in [0.3, 0.4) is 0 Å². The molecular formula is C11H15NO4S. The van der Waals surface area contributed by atoms with Crippen molar-refractivity contribution in [1.82, 2.24) is 0 Å². The van der Waals surface area contributed by atoms with Crippen molar-refractivity contribution in [3.63, 3.8) is 0 Å². The summed E-state index contributed by atoms with van der Waals surface area (Å²) in [6.07, 6.45) is 1.56. The van der Waals surface area contributed by atoms with Gasteiger partial charge in [0.15, 0.2) is 0 Å². The van der Waals surface area contributed by atoms with Gasteiger partial charge in [-0.05, 0) is 24.1 Å². The first-order chi connectivity index (χ1) is 7.83. The summed E-state index contributed by atoms with van der Waals surface area (Å²) in [4.78, 5) is 10.9. The summed E-state index contributed by atoms with van der Waals surface area (Å²) in [7, 11) is -3.30. The zero-order valence-corrected chi connectivity index (χ0v) is 10.5. The normalized spacial score (nSPS) is 13.1. The molecule has 0 heterocycles. The number of carboxylic acid groups (broad SMARTS) is 1. The van der Waals surface area contributed by atoms with Gasteiger partial charge in [-0.15, -0.1) is 0 Å². The van der Waals surface area contributed by atoms with Gasteiger partial charge in [0.05, 0.1) is 12.2 Å². The van der Waals surface area contributed by atoms with Crippen LogP contribution in [0.2, 0.25) is 0 Å². The minimum atomic E-state index is -3.30. The largest absolute Gasteiger partial charge is 0.481 e. The average molecular weight is 257 g/mol. The molecule has 0 fully saturated rings. The fourth-order valence-corrected chi connectivity index (χ4v) is 2.11. The first-order valence-electron chi connectivity index (χ1n) is 5.14. The van der Waals surface area contributed by atoms with E-state index in [0.717, 1.165) is 6.26 Å². The first-order valence-corrected chi connectivity index (χ1v) is 7.03. The Hall–Kier alpha value is -1.56. The number of nitrogens with one attached hydrogen (secondary N) is 1. The maximum atomic E-state index is 11.0. The third-order valence-corrected chi connectivity index (χ3v) is 2.93. The van der Waals surface area contributed by atoms with Gasteiger partial charge in [0.2, 0.25) is 10.0 Å². The summed E-state index contributed by atoms with van der Waals surface area (Å²) in [5.41, 5.74) is 1.09. The average Bonchev–Trinajstić information content (AvgIpc) is 2.18. The van der Waals surface area contributed by atoms with E-state index in [1.165, 1.54) is 0 Å². The molecule has 0 amide bonds. The Labute approximate surface area is 101 Å². The number of sulfonamides is 1. The predicted molar refractivity (Wildman–Crippen MR) is 65.6 cm³/mol. The Bertz CT molecular complexity index is 493. The van der Waals surface area contributed by atoms with Gasteiger partial charge in [0.1, 0.15) is 0 Å². The Morgan fingerprint density at radius 2 is 1.88 bits per heavy atom. The highest BCUT2D eigenvalue weighted by Gasteiger charge is 2.17. The monoisotopic (exact) mass is 257 g/mol. The molecule has 0 aromatic heterocycles. The second-order valence-corrected chi connectivity index (χ2v) is 5.54. The van der Waals surface area contributed by atoms with Gasteiger partial charge in [-0.2, -0.15) is 0 Å². The number of aliphatic carboxylic acids is 1. The zero-order valence-electron chi connectivity index (χ0n) is 9.67. The summed E-state index contributed by atoms with van der Waals surface area (Å²) >= 11 is 0. The number of rotatable bonds is 5.